The number of benzene rings is 1. The highest BCUT2D eigenvalue weighted by molar-refractivity contribution is 7.80. The lowest BCUT2D eigenvalue weighted by molar-refractivity contribution is 0.284. The maximum atomic E-state index is 5.67. The van der Waals surface area contributed by atoms with Crippen LogP contribution in [0.2, 0.25) is 0 Å². The van der Waals surface area contributed by atoms with Gasteiger partial charge in [0.15, 0.2) is 0 Å². The summed E-state index contributed by atoms with van der Waals surface area (Å²) in [5.74, 6) is 0.920. The summed E-state index contributed by atoms with van der Waals surface area (Å²) in [5, 5.41) is 3.16. The molecule has 2 rings (SSSR count). The molecular weight excluding hydrogens is 182 g/mol. The van der Waals surface area contributed by atoms with Crippen LogP contribution < -0.4 is 10.1 Å². The van der Waals surface area contributed by atoms with Crippen LogP contribution in [0.4, 0.5) is 5.69 Å². The molecule has 1 aliphatic heterocycles. The van der Waals surface area contributed by atoms with Crippen LogP contribution in [-0.2, 0) is 0 Å². The Labute approximate surface area is 82.9 Å². The Balaban J connectivity index is 2.48. The van der Waals surface area contributed by atoms with E-state index in [9.17, 15) is 0 Å². The van der Waals surface area contributed by atoms with Gasteiger partial charge in [0.05, 0.1) is 5.69 Å². The highest BCUT2D eigenvalue weighted by atomic mass is 32.1. The van der Waals surface area contributed by atoms with E-state index in [1.807, 2.05) is 32.0 Å². The first-order valence-corrected chi connectivity index (χ1v) is 4.66. The first-order chi connectivity index (χ1) is 6.18. The Morgan fingerprint density at radius 3 is 3.00 bits per heavy atom. The largest absolute Gasteiger partial charge is 0.481 e. The first kappa shape index (κ1) is 8.51. The van der Waals surface area contributed by atoms with Crippen molar-refractivity contribution in [3.8, 4) is 5.75 Å². The molecule has 13 heavy (non-hydrogen) atoms. The third-order valence-corrected chi connectivity index (χ3v) is 2.57. The Hall–Kier alpha value is -1.09. The Kier molecular flexibility index (Phi) is 1.96. The van der Waals surface area contributed by atoms with Gasteiger partial charge in [0.25, 0.3) is 0 Å². The van der Waals surface area contributed by atoms with Crippen LogP contribution in [0.3, 0.4) is 0 Å². The predicted octanol–water partition coefficient (Wildman–Crippen LogP) is 2.52. The number of hydrogen-bond acceptors (Lipinski definition) is 2. The lowest BCUT2D eigenvalue weighted by Crippen LogP contribution is -2.33. The van der Waals surface area contributed by atoms with Gasteiger partial charge in [-0.15, -0.1) is 0 Å². The molecule has 0 aromatic heterocycles. The minimum atomic E-state index is -0.0244. The van der Waals surface area contributed by atoms with E-state index in [1.165, 1.54) is 0 Å². The molecule has 3 heteroatoms. The molecule has 0 radical (unpaired) electrons. The average Bonchev–Trinajstić information content (AvgIpc) is 2.09. The third-order valence-electron chi connectivity index (χ3n) is 2.13. The zero-order valence-corrected chi connectivity index (χ0v) is 8.44. The predicted molar refractivity (Wildman–Crippen MR) is 57.5 cm³/mol. The van der Waals surface area contributed by atoms with Crippen molar-refractivity contribution in [3.63, 3.8) is 0 Å². The van der Waals surface area contributed by atoms with E-state index in [1.54, 1.807) is 0 Å². The molecule has 0 saturated carbocycles. The molecule has 1 heterocycles. The van der Waals surface area contributed by atoms with Crippen molar-refractivity contribution >= 4 is 22.9 Å². The average molecular weight is 193 g/mol. The standard InChI is InChI=1S/C10H11NOS/c1-6-4-3-5-8-9(6)12-7(2)10(13)11-8/h3-5,7H,1-2H3,(H,11,13). The summed E-state index contributed by atoms with van der Waals surface area (Å²) in [6.45, 7) is 3.98. The van der Waals surface area contributed by atoms with Crippen molar-refractivity contribution in [1.82, 2.24) is 0 Å². The highest BCUT2D eigenvalue weighted by Crippen LogP contribution is 2.32. The summed E-state index contributed by atoms with van der Waals surface area (Å²) in [4.78, 5) is 0.748. The minimum Gasteiger partial charge on any atom is -0.481 e. The Morgan fingerprint density at radius 1 is 1.46 bits per heavy atom. The van der Waals surface area contributed by atoms with Crippen molar-refractivity contribution < 1.29 is 4.74 Å². The molecule has 2 nitrogen and oxygen atoms in total. The molecule has 1 aromatic carbocycles. The second kappa shape index (κ2) is 3.00. The van der Waals surface area contributed by atoms with Gasteiger partial charge in [-0.1, -0.05) is 24.4 Å². The topological polar surface area (TPSA) is 21.3 Å². The number of anilines is 1. The molecular formula is C10H11NOS. The molecule has 1 unspecified atom stereocenters. The van der Waals surface area contributed by atoms with Crippen LogP contribution in [0.15, 0.2) is 18.2 Å². The molecule has 0 fully saturated rings. The second-order valence-corrected chi connectivity index (χ2v) is 3.64. The summed E-state index contributed by atoms with van der Waals surface area (Å²) in [6, 6.07) is 5.99. The number of para-hydroxylation sites is 1. The fourth-order valence-corrected chi connectivity index (χ4v) is 1.53. The molecule has 1 aromatic rings. The van der Waals surface area contributed by atoms with Gasteiger partial charge in [0.2, 0.25) is 0 Å². The van der Waals surface area contributed by atoms with Crippen LogP contribution >= 0.6 is 12.2 Å². The van der Waals surface area contributed by atoms with E-state index in [0.717, 1.165) is 22.0 Å². The molecule has 1 N–H and O–H groups in total. The van der Waals surface area contributed by atoms with Crippen LogP contribution in [0.25, 0.3) is 0 Å². The van der Waals surface area contributed by atoms with Gasteiger partial charge < -0.3 is 10.1 Å². The van der Waals surface area contributed by atoms with Crippen molar-refractivity contribution in [2.45, 2.75) is 20.0 Å². The van der Waals surface area contributed by atoms with Crippen LogP contribution in [0.1, 0.15) is 12.5 Å². The van der Waals surface area contributed by atoms with Gasteiger partial charge >= 0.3 is 0 Å². The van der Waals surface area contributed by atoms with Crippen LogP contribution in [0.5, 0.6) is 5.75 Å². The van der Waals surface area contributed by atoms with E-state index in [4.69, 9.17) is 17.0 Å². The van der Waals surface area contributed by atoms with Gasteiger partial charge in [-0.25, -0.2) is 0 Å². The third kappa shape index (κ3) is 1.40. The van der Waals surface area contributed by atoms with Gasteiger partial charge in [-0.2, -0.15) is 0 Å². The van der Waals surface area contributed by atoms with E-state index in [-0.39, 0.29) is 6.10 Å². The molecule has 0 saturated heterocycles. The highest BCUT2D eigenvalue weighted by Gasteiger charge is 2.20. The number of thiocarbonyl (C=S) groups is 1. The molecule has 0 bridgehead atoms. The van der Waals surface area contributed by atoms with Gasteiger partial charge in [0, 0.05) is 0 Å². The second-order valence-electron chi connectivity index (χ2n) is 3.20. The van der Waals surface area contributed by atoms with Crippen LogP contribution in [-0.4, -0.2) is 11.1 Å². The molecule has 1 aliphatic rings. The lowest BCUT2D eigenvalue weighted by atomic mass is 10.1. The number of fused-ring (bicyclic) bond motifs is 1. The van der Waals surface area contributed by atoms with Crippen molar-refractivity contribution in [3.05, 3.63) is 23.8 Å². The first-order valence-electron chi connectivity index (χ1n) is 4.25. The van der Waals surface area contributed by atoms with Crippen molar-refractivity contribution in [1.29, 1.82) is 0 Å². The monoisotopic (exact) mass is 193 g/mol. The number of aryl methyl sites for hydroxylation is 1. The smallest absolute Gasteiger partial charge is 0.146 e. The summed E-state index contributed by atoms with van der Waals surface area (Å²) in [6.07, 6.45) is -0.0244. The van der Waals surface area contributed by atoms with E-state index >= 15 is 0 Å². The lowest BCUT2D eigenvalue weighted by Gasteiger charge is -2.26. The fraction of sp³-hybridized carbons (Fsp3) is 0.300. The quantitative estimate of drug-likeness (QED) is 0.640. The molecule has 68 valence electrons. The maximum absolute atomic E-state index is 5.67. The van der Waals surface area contributed by atoms with E-state index in [2.05, 4.69) is 5.32 Å². The molecule has 0 spiro atoms. The molecule has 0 amide bonds. The van der Waals surface area contributed by atoms with Crippen molar-refractivity contribution in [2.75, 3.05) is 5.32 Å². The van der Waals surface area contributed by atoms with E-state index in [0.29, 0.717) is 0 Å². The van der Waals surface area contributed by atoms with Crippen molar-refractivity contribution in [2.24, 2.45) is 0 Å². The number of rotatable bonds is 0. The van der Waals surface area contributed by atoms with Gasteiger partial charge in [-0.05, 0) is 25.5 Å². The summed E-state index contributed by atoms with van der Waals surface area (Å²) in [7, 11) is 0. The SMILES string of the molecule is Cc1cccc2c1OC(C)C(=S)N2. The zero-order valence-electron chi connectivity index (χ0n) is 7.63. The van der Waals surface area contributed by atoms with E-state index < -0.39 is 0 Å². The maximum Gasteiger partial charge on any atom is 0.146 e. The molecule has 1 atom stereocenters. The number of nitrogens with one attached hydrogen (secondary N) is 1. The minimum absolute atomic E-state index is 0.0244. The summed E-state index contributed by atoms with van der Waals surface area (Å²) >= 11 is 5.11. The summed E-state index contributed by atoms with van der Waals surface area (Å²) in [5.41, 5.74) is 2.11. The fourth-order valence-electron chi connectivity index (χ4n) is 1.37. The Morgan fingerprint density at radius 2 is 2.23 bits per heavy atom. The molecule has 0 aliphatic carbocycles. The van der Waals surface area contributed by atoms with Gasteiger partial charge in [-0.3, -0.25) is 0 Å². The normalized spacial score (nSPS) is 20.2. The Bertz CT molecular complexity index is 362. The zero-order chi connectivity index (χ0) is 9.42. The van der Waals surface area contributed by atoms with Gasteiger partial charge in [0.1, 0.15) is 16.8 Å². The summed E-state index contributed by atoms with van der Waals surface area (Å²) < 4.78 is 5.67. The van der Waals surface area contributed by atoms with Crippen LogP contribution in [0, 0.1) is 6.92 Å². The number of ether oxygens (including phenoxy) is 1. The number of hydrogen-bond donors (Lipinski definition) is 1.